The number of hydrogen-bond acceptors (Lipinski definition) is 4. The number of methoxy groups -OCH3 is 1. The van der Waals surface area contributed by atoms with Crippen LogP contribution in [0, 0.1) is 0 Å². The van der Waals surface area contributed by atoms with Crippen LogP contribution in [0.2, 0.25) is 0 Å². The fourth-order valence-corrected chi connectivity index (χ4v) is 1.30. The van der Waals surface area contributed by atoms with Gasteiger partial charge in [0.15, 0.2) is 11.5 Å². The summed E-state index contributed by atoms with van der Waals surface area (Å²) >= 11 is 0. The topological polar surface area (TPSA) is 57.0 Å². The molecule has 0 aliphatic heterocycles. The second-order valence-electron chi connectivity index (χ2n) is 3.31. The molecular weight excluding hydrogens is 206 g/mol. The molecule has 0 radical (unpaired) electrons. The normalized spacial score (nSPS) is 10.1. The van der Waals surface area contributed by atoms with Crippen LogP contribution in [0.4, 0.5) is 0 Å². The van der Waals surface area contributed by atoms with Crippen LogP contribution < -0.4 is 4.74 Å². The Morgan fingerprint density at radius 1 is 1.38 bits per heavy atom. The molecule has 0 saturated carbocycles. The van der Waals surface area contributed by atoms with Crippen LogP contribution >= 0.6 is 0 Å². The van der Waals surface area contributed by atoms with Gasteiger partial charge in [0.05, 0.1) is 31.4 Å². The summed E-state index contributed by atoms with van der Waals surface area (Å²) in [7, 11) is 1.57. The zero-order valence-corrected chi connectivity index (χ0v) is 9.04. The van der Waals surface area contributed by atoms with E-state index in [9.17, 15) is 4.79 Å². The van der Waals surface area contributed by atoms with E-state index in [1.54, 1.807) is 36.4 Å². The molecular formula is C11H11N3O2. The van der Waals surface area contributed by atoms with E-state index < -0.39 is 0 Å². The standard InChI is InChI=1S/C11H11N3O2/c1-8(15)9-3-10(5-12-4-9)14-7-11(16-2)6-13-14/h3-7H,1-2H3. The Labute approximate surface area is 92.7 Å². The van der Waals surface area contributed by atoms with Crippen LogP contribution in [0.25, 0.3) is 5.69 Å². The number of aromatic nitrogens is 3. The predicted octanol–water partition coefficient (Wildman–Crippen LogP) is 1.48. The fourth-order valence-electron chi connectivity index (χ4n) is 1.30. The molecule has 2 aromatic heterocycles. The van der Waals surface area contributed by atoms with Crippen molar-refractivity contribution in [2.45, 2.75) is 6.92 Å². The third-order valence-corrected chi connectivity index (χ3v) is 2.19. The average Bonchev–Trinajstić information content (AvgIpc) is 2.77. The van der Waals surface area contributed by atoms with E-state index in [0.29, 0.717) is 11.3 Å². The van der Waals surface area contributed by atoms with E-state index in [1.807, 2.05) is 0 Å². The third-order valence-electron chi connectivity index (χ3n) is 2.19. The highest BCUT2D eigenvalue weighted by Crippen LogP contribution is 2.13. The molecule has 2 rings (SSSR count). The molecule has 0 fully saturated rings. The summed E-state index contributed by atoms with van der Waals surface area (Å²) in [4.78, 5) is 15.2. The molecule has 0 unspecified atom stereocenters. The molecule has 2 heterocycles. The maximum atomic E-state index is 11.2. The van der Waals surface area contributed by atoms with Crippen molar-refractivity contribution >= 4 is 5.78 Å². The van der Waals surface area contributed by atoms with E-state index >= 15 is 0 Å². The molecule has 0 aromatic carbocycles. The lowest BCUT2D eigenvalue weighted by molar-refractivity contribution is 0.101. The predicted molar refractivity (Wildman–Crippen MR) is 57.9 cm³/mol. The second kappa shape index (κ2) is 4.14. The van der Waals surface area contributed by atoms with E-state index in [4.69, 9.17) is 4.74 Å². The largest absolute Gasteiger partial charge is 0.493 e. The summed E-state index contributed by atoms with van der Waals surface area (Å²) in [6, 6.07) is 1.74. The lowest BCUT2D eigenvalue weighted by Crippen LogP contribution is -1.99. The van der Waals surface area contributed by atoms with Gasteiger partial charge in [-0.25, -0.2) is 4.68 Å². The molecule has 0 bridgehead atoms. The van der Waals surface area contributed by atoms with Crippen LogP contribution in [0.3, 0.4) is 0 Å². The molecule has 0 aliphatic carbocycles. The Morgan fingerprint density at radius 3 is 2.81 bits per heavy atom. The number of ether oxygens (including phenoxy) is 1. The van der Waals surface area contributed by atoms with Crippen molar-refractivity contribution in [3.05, 3.63) is 36.4 Å². The van der Waals surface area contributed by atoms with Crippen molar-refractivity contribution in [3.63, 3.8) is 0 Å². The first-order chi connectivity index (χ1) is 7.70. The third kappa shape index (κ3) is 1.93. The number of hydrogen-bond donors (Lipinski definition) is 0. The van der Waals surface area contributed by atoms with E-state index in [2.05, 4.69) is 10.1 Å². The number of carbonyl (C=O) groups is 1. The first kappa shape index (κ1) is 10.4. The quantitative estimate of drug-likeness (QED) is 0.731. The van der Waals surface area contributed by atoms with Crippen molar-refractivity contribution in [1.82, 2.24) is 14.8 Å². The van der Waals surface area contributed by atoms with Gasteiger partial charge in [0.2, 0.25) is 0 Å². The molecule has 0 atom stereocenters. The van der Waals surface area contributed by atoms with Gasteiger partial charge in [-0.1, -0.05) is 0 Å². The van der Waals surface area contributed by atoms with E-state index in [-0.39, 0.29) is 5.78 Å². The van der Waals surface area contributed by atoms with Crippen molar-refractivity contribution in [2.24, 2.45) is 0 Å². The summed E-state index contributed by atoms with van der Waals surface area (Å²) in [5.41, 5.74) is 1.29. The Kier molecular flexibility index (Phi) is 2.68. The average molecular weight is 217 g/mol. The molecule has 0 spiro atoms. The highest BCUT2D eigenvalue weighted by Gasteiger charge is 2.04. The van der Waals surface area contributed by atoms with Crippen LogP contribution in [0.15, 0.2) is 30.9 Å². The van der Waals surface area contributed by atoms with Crippen LogP contribution in [-0.2, 0) is 0 Å². The smallest absolute Gasteiger partial charge is 0.161 e. The molecule has 0 aliphatic rings. The molecule has 0 N–H and O–H groups in total. The van der Waals surface area contributed by atoms with Gasteiger partial charge in [0, 0.05) is 11.8 Å². The van der Waals surface area contributed by atoms with Gasteiger partial charge >= 0.3 is 0 Å². The summed E-state index contributed by atoms with van der Waals surface area (Å²) in [6.45, 7) is 1.50. The van der Waals surface area contributed by atoms with Gasteiger partial charge in [-0.2, -0.15) is 5.10 Å². The minimum absolute atomic E-state index is 0.0199. The number of nitrogens with zero attached hydrogens (tertiary/aromatic N) is 3. The summed E-state index contributed by atoms with van der Waals surface area (Å²) in [6.07, 6.45) is 6.49. The Balaban J connectivity index is 2.40. The van der Waals surface area contributed by atoms with Crippen LogP contribution in [0.5, 0.6) is 5.75 Å². The second-order valence-corrected chi connectivity index (χ2v) is 3.31. The summed E-state index contributed by atoms with van der Waals surface area (Å²) in [5.74, 6) is 0.640. The Morgan fingerprint density at radius 2 is 2.19 bits per heavy atom. The SMILES string of the molecule is COc1cnn(-c2cncc(C(C)=O)c2)c1. The monoisotopic (exact) mass is 217 g/mol. The van der Waals surface area contributed by atoms with Gasteiger partial charge in [0.1, 0.15) is 0 Å². The number of Topliss-reactive ketones (excluding diaryl/α,β-unsaturated/α-hetero) is 1. The minimum Gasteiger partial charge on any atom is -0.493 e. The molecule has 2 aromatic rings. The van der Waals surface area contributed by atoms with E-state index in [1.165, 1.54) is 13.1 Å². The van der Waals surface area contributed by atoms with Crippen molar-refractivity contribution < 1.29 is 9.53 Å². The van der Waals surface area contributed by atoms with Gasteiger partial charge in [-0.05, 0) is 13.0 Å². The number of pyridine rings is 1. The first-order valence-electron chi connectivity index (χ1n) is 4.75. The summed E-state index contributed by atoms with van der Waals surface area (Å²) < 4.78 is 6.63. The van der Waals surface area contributed by atoms with Crippen LogP contribution in [-0.4, -0.2) is 27.7 Å². The summed E-state index contributed by atoms with van der Waals surface area (Å²) in [5, 5.41) is 4.10. The minimum atomic E-state index is -0.0199. The van der Waals surface area contributed by atoms with Crippen LogP contribution in [0.1, 0.15) is 17.3 Å². The van der Waals surface area contributed by atoms with Crippen molar-refractivity contribution in [1.29, 1.82) is 0 Å². The Bertz CT molecular complexity index is 519. The van der Waals surface area contributed by atoms with Gasteiger partial charge in [0.25, 0.3) is 0 Å². The zero-order chi connectivity index (χ0) is 11.5. The lowest BCUT2D eigenvalue weighted by Gasteiger charge is -2.01. The first-order valence-corrected chi connectivity index (χ1v) is 4.75. The molecule has 5 nitrogen and oxygen atoms in total. The number of carbonyl (C=O) groups excluding carboxylic acids is 1. The molecule has 16 heavy (non-hydrogen) atoms. The van der Waals surface area contributed by atoms with E-state index in [0.717, 1.165) is 5.69 Å². The van der Waals surface area contributed by atoms with Gasteiger partial charge < -0.3 is 4.74 Å². The lowest BCUT2D eigenvalue weighted by atomic mass is 10.2. The molecule has 0 amide bonds. The maximum Gasteiger partial charge on any atom is 0.161 e. The van der Waals surface area contributed by atoms with Gasteiger partial charge in [-0.3, -0.25) is 9.78 Å². The zero-order valence-electron chi connectivity index (χ0n) is 9.04. The number of ketones is 1. The van der Waals surface area contributed by atoms with Gasteiger partial charge in [-0.15, -0.1) is 0 Å². The number of rotatable bonds is 3. The molecule has 82 valence electrons. The highest BCUT2D eigenvalue weighted by atomic mass is 16.5. The molecule has 5 heteroatoms. The Hall–Kier alpha value is -2.17. The van der Waals surface area contributed by atoms with Crippen molar-refractivity contribution in [2.75, 3.05) is 7.11 Å². The fraction of sp³-hybridized carbons (Fsp3) is 0.182. The molecule has 0 saturated heterocycles. The maximum absolute atomic E-state index is 11.2. The highest BCUT2D eigenvalue weighted by molar-refractivity contribution is 5.94. The van der Waals surface area contributed by atoms with Crippen molar-refractivity contribution in [3.8, 4) is 11.4 Å².